The van der Waals surface area contributed by atoms with Gasteiger partial charge in [-0.05, 0) is 97.8 Å². The molecule has 4 saturated carbocycles. The van der Waals surface area contributed by atoms with Gasteiger partial charge in [0.1, 0.15) is 17.4 Å². The fourth-order valence-electron chi connectivity index (χ4n) is 10.0. The predicted octanol–water partition coefficient (Wildman–Crippen LogP) is 4.57. The number of carbonyl (C=O) groups excluding carboxylic acids is 5. The summed E-state index contributed by atoms with van der Waals surface area (Å²) in [5, 5.41) is 6.53. The molecule has 3 heterocycles. The Balaban J connectivity index is 0.938. The predicted molar refractivity (Wildman–Crippen MR) is 196 cm³/mol. The second kappa shape index (κ2) is 15.7. The zero-order valence-electron chi connectivity index (χ0n) is 32.9. The van der Waals surface area contributed by atoms with Gasteiger partial charge in [-0.25, -0.2) is 4.79 Å². The Kier molecular flexibility index (Phi) is 11.8. The van der Waals surface area contributed by atoms with Crippen molar-refractivity contribution < 1.29 is 42.9 Å². The van der Waals surface area contributed by atoms with Crippen LogP contribution in [0.4, 0.5) is 0 Å². The van der Waals surface area contributed by atoms with E-state index in [2.05, 4.69) is 37.5 Å². The number of rotatable bonds is 16. The molecule has 7 rings (SSSR count). The third kappa shape index (κ3) is 8.11. The van der Waals surface area contributed by atoms with Crippen LogP contribution in [0.25, 0.3) is 0 Å². The van der Waals surface area contributed by atoms with E-state index < -0.39 is 22.8 Å². The molecule has 53 heavy (non-hydrogen) atoms. The fourth-order valence-corrected chi connectivity index (χ4v) is 10.0. The van der Waals surface area contributed by atoms with Gasteiger partial charge < -0.3 is 34.5 Å². The van der Waals surface area contributed by atoms with Crippen LogP contribution in [0.5, 0.6) is 0 Å². The summed E-state index contributed by atoms with van der Waals surface area (Å²) in [6, 6.07) is -0.744. The number of nitrogens with one attached hydrogen (secondary N) is 2. The highest BCUT2D eigenvalue weighted by Crippen LogP contribution is 2.60. The van der Waals surface area contributed by atoms with Crippen molar-refractivity contribution in [1.29, 1.82) is 0 Å². The molecule has 296 valence electrons. The molecule has 2 N–H and O–H groups in total. The minimum atomic E-state index is -0.615. The maximum Gasteiger partial charge on any atom is 0.328 e. The van der Waals surface area contributed by atoms with Gasteiger partial charge in [-0.3, -0.25) is 19.2 Å². The summed E-state index contributed by atoms with van der Waals surface area (Å²) in [5.41, 5.74) is -0.275. The molecule has 3 amide bonds. The van der Waals surface area contributed by atoms with Gasteiger partial charge in [0, 0.05) is 55.7 Å². The maximum absolute atomic E-state index is 14.1. The number of Topliss-reactive ketones (excluding diaryl/α,β-unsaturated/α-hetero) is 1. The summed E-state index contributed by atoms with van der Waals surface area (Å²) in [4.78, 5) is 66.7. The second-order valence-electron chi connectivity index (χ2n) is 17.7. The number of ketones is 1. The fraction of sp³-hybridized carbons (Fsp3) is 0.829. The van der Waals surface area contributed by atoms with Crippen molar-refractivity contribution in [2.24, 2.45) is 22.7 Å². The SMILES string of the molecule is CO[C@@H]1[C@H](NC(=O)C23CCC(C(=O)NCCCOC(=O)[C@H]4CCCN4C(=O)CCC(=O)C(C)C)(CC2)CC3)CC[C@]2(CO2)[C@H]1[C@@]1(C)O[C@@H]1CC=C(C)C. The number of nitrogens with zero attached hydrogens (tertiary/aromatic N) is 1. The number of esters is 1. The number of hydrogen-bond acceptors (Lipinski definition) is 9. The molecule has 4 aliphatic carbocycles. The topological polar surface area (TPSA) is 156 Å². The Hall–Kier alpha value is -2.83. The van der Waals surface area contributed by atoms with Crippen molar-refractivity contribution in [1.82, 2.24) is 15.5 Å². The van der Waals surface area contributed by atoms with Crippen LogP contribution in [0.1, 0.15) is 125 Å². The Bertz CT molecular complexity index is 1430. The molecule has 0 aromatic heterocycles. The van der Waals surface area contributed by atoms with E-state index in [1.54, 1.807) is 12.0 Å². The third-order valence-electron chi connectivity index (χ3n) is 13.7. The lowest BCUT2D eigenvalue weighted by molar-refractivity contribution is -0.154. The summed E-state index contributed by atoms with van der Waals surface area (Å²) >= 11 is 0. The van der Waals surface area contributed by atoms with E-state index in [-0.39, 0.29) is 84.2 Å². The second-order valence-corrected chi connectivity index (χ2v) is 17.7. The van der Waals surface area contributed by atoms with E-state index in [1.807, 2.05) is 13.8 Å². The highest BCUT2D eigenvalue weighted by atomic mass is 16.6. The number of epoxide rings is 2. The summed E-state index contributed by atoms with van der Waals surface area (Å²) < 4.78 is 24.2. The largest absolute Gasteiger partial charge is 0.464 e. The first-order valence-corrected chi connectivity index (χ1v) is 20.3. The van der Waals surface area contributed by atoms with Crippen LogP contribution in [-0.2, 0) is 42.9 Å². The van der Waals surface area contributed by atoms with Gasteiger partial charge in [-0.2, -0.15) is 0 Å². The molecule has 3 saturated heterocycles. The number of hydrogen-bond donors (Lipinski definition) is 2. The zero-order valence-corrected chi connectivity index (χ0v) is 32.9. The highest BCUT2D eigenvalue weighted by molar-refractivity contribution is 5.89. The summed E-state index contributed by atoms with van der Waals surface area (Å²) in [6.45, 7) is 11.7. The number of fused-ring (bicyclic) bond motifs is 3. The number of methoxy groups -OCH3 is 1. The Morgan fingerprint density at radius 1 is 0.943 bits per heavy atom. The molecular weight excluding hydrogens is 678 g/mol. The molecule has 12 heteroatoms. The van der Waals surface area contributed by atoms with Crippen LogP contribution in [0.15, 0.2) is 11.6 Å². The smallest absolute Gasteiger partial charge is 0.328 e. The lowest BCUT2D eigenvalue weighted by Gasteiger charge is -2.52. The van der Waals surface area contributed by atoms with Crippen molar-refractivity contribution in [2.75, 3.05) is 33.4 Å². The molecule has 2 bridgehead atoms. The van der Waals surface area contributed by atoms with Crippen LogP contribution >= 0.6 is 0 Å². The normalized spacial score (nSPS) is 37.0. The highest BCUT2D eigenvalue weighted by Gasteiger charge is 2.72. The van der Waals surface area contributed by atoms with Crippen LogP contribution in [0, 0.1) is 22.7 Å². The molecule has 3 aliphatic heterocycles. The number of amides is 3. The molecule has 7 aliphatic rings. The molecule has 7 atom stereocenters. The van der Waals surface area contributed by atoms with Crippen molar-refractivity contribution in [3.8, 4) is 0 Å². The van der Waals surface area contributed by atoms with Crippen LogP contribution in [0.3, 0.4) is 0 Å². The minimum Gasteiger partial charge on any atom is -0.464 e. The molecule has 0 aromatic carbocycles. The van der Waals surface area contributed by atoms with Crippen LogP contribution in [-0.4, -0.2) is 103 Å². The molecule has 0 aromatic rings. The first-order valence-electron chi connectivity index (χ1n) is 20.3. The zero-order chi connectivity index (χ0) is 38.2. The van der Waals surface area contributed by atoms with Gasteiger partial charge in [0.05, 0.1) is 37.1 Å². The first kappa shape index (κ1) is 39.9. The molecular formula is C41H63N3O9. The first-order chi connectivity index (χ1) is 25.2. The number of ether oxygens (including phenoxy) is 4. The van der Waals surface area contributed by atoms with Crippen molar-refractivity contribution in [3.05, 3.63) is 11.6 Å². The van der Waals surface area contributed by atoms with Gasteiger partial charge in [-0.15, -0.1) is 0 Å². The number of allylic oxidation sites excluding steroid dienone is 1. The summed E-state index contributed by atoms with van der Waals surface area (Å²) in [5.74, 6) is -0.552. The molecule has 1 spiro atoms. The van der Waals surface area contributed by atoms with E-state index >= 15 is 0 Å². The summed E-state index contributed by atoms with van der Waals surface area (Å²) in [7, 11) is 1.73. The van der Waals surface area contributed by atoms with Gasteiger partial charge in [0.15, 0.2) is 0 Å². The van der Waals surface area contributed by atoms with Gasteiger partial charge in [0.2, 0.25) is 17.7 Å². The van der Waals surface area contributed by atoms with Gasteiger partial charge in [-0.1, -0.05) is 25.5 Å². The van der Waals surface area contributed by atoms with E-state index in [0.29, 0.717) is 71.1 Å². The lowest BCUT2D eigenvalue weighted by Crippen LogP contribution is -2.62. The van der Waals surface area contributed by atoms with Crippen molar-refractivity contribution in [3.63, 3.8) is 0 Å². The van der Waals surface area contributed by atoms with E-state index in [1.165, 1.54) is 5.57 Å². The Labute approximate surface area is 315 Å². The quantitative estimate of drug-likeness (QED) is 0.100. The standard InChI is InChI=1S/C41H63N3O9/c1-26(2)10-12-31-38(5,53-31)34-33(50-6)28(14-15-41(34)25-52-41)43-37(49)40-19-16-39(17-20-40,18-21-40)36(48)42-22-8-24-51-35(47)29-9-7-23-44(29)32(46)13-11-30(45)27(3)4/h10,27-29,31,33-34H,7-9,11-25H2,1-6H3,(H,42,48)(H,43,49)/t28-,29-,31-,33-,34-,38+,39?,40?,41+/m1/s1. The van der Waals surface area contributed by atoms with Gasteiger partial charge >= 0.3 is 5.97 Å². The van der Waals surface area contributed by atoms with E-state index in [4.69, 9.17) is 18.9 Å². The molecule has 0 unspecified atom stereocenters. The van der Waals surface area contributed by atoms with Crippen LogP contribution in [0.2, 0.25) is 0 Å². The number of likely N-dealkylation sites (tertiary alicyclic amines) is 1. The average Bonchev–Trinajstić information content (AvgIpc) is 4.00. The van der Waals surface area contributed by atoms with Crippen molar-refractivity contribution in [2.45, 2.75) is 160 Å². The monoisotopic (exact) mass is 741 g/mol. The van der Waals surface area contributed by atoms with Gasteiger partial charge in [0.25, 0.3) is 0 Å². The molecule has 0 radical (unpaired) electrons. The maximum atomic E-state index is 14.1. The van der Waals surface area contributed by atoms with Crippen molar-refractivity contribution >= 4 is 29.5 Å². The summed E-state index contributed by atoms with van der Waals surface area (Å²) in [6.07, 6.45) is 10.7. The lowest BCUT2D eigenvalue weighted by atomic mass is 9.53. The van der Waals surface area contributed by atoms with E-state index in [0.717, 1.165) is 25.7 Å². The number of carbonyl (C=O) groups is 5. The van der Waals surface area contributed by atoms with Crippen LogP contribution < -0.4 is 10.6 Å². The molecule has 12 nitrogen and oxygen atoms in total. The minimum absolute atomic E-state index is 0.0192. The Morgan fingerprint density at radius 2 is 1.60 bits per heavy atom. The average molecular weight is 742 g/mol. The van der Waals surface area contributed by atoms with E-state index in [9.17, 15) is 24.0 Å². The Morgan fingerprint density at radius 3 is 2.21 bits per heavy atom. The third-order valence-corrected chi connectivity index (χ3v) is 13.7. The molecule has 7 fully saturated rings.